The van der Waals surface area contributed by atoms with Gasteiger partial charge in [0.25, 0.3) is 5.91 Å². The first-order valence-corrected chi connectivity index (χ1v) is 6.95. The molecular formula is C15H15BrN2O2. The van der Waals surface area contributed by atoms with Crippen molar-refractivity contribution in [3.8, 4) is 11.5 Å². The van der Waals surface area contributed by atoms with Gasteiger partial charge in [0.05, 0.1) is 5.56 Å². The average molecular weight is 335 g/mol. The zero-order valence-corrected chi connectivity index (χ0v) is 12.4. The van der Waals surface area contributed by atoms with Crippen LogP contribution in [0.4, 0.5) is 0 Å². The van der Waals surface area contributed by atoms with Gasteiger partial charge in [0.2, 0.25) is 0 Å². The third-order valence-electron chi connectivity index (χ3n) is 2.79. The first kappa shape index (κ1) is 14.6. The lowest BCUT2D eigenvalue weighted by Crippen LogP contribution is -2.12. The van der Waals surface area contributed by atoms with Crippen LogP contribution in [0.3, 0.4) is 0 Å². The summed E-state index contributed by atoms with van der Waals surface area (Å²) in [7, 11) is 0. The molecule has 0 saturated heterocycles. The van der Waals surface area contributed by atoms with E-state index in [-0.39, 0.29) is 0 Å². The van der Waals surface area contributed by atoms with E-state index in [0.29, 0.717) is 23.6 Å². The van der Waals surface area contributed by atoms with Crippen molar-refractivity contribution < 1.29 is 9.53 Å². The highest BCUT2D eigenvalue weighted by Gasteiger charge is 2.10. The fourth-order valence-electron chi connectivity index (χ4n) is 1.80. The number of hydrogen-bond acceptors (Lipinski definition) is 3. The number of primary amides is 1. The van der Waals surface area contributed by atoms with Crippen LogP contribution in [0, 0.1) is 0 Å². The van der Waals surface area contributed by atoms with Gasteiger partial charge in [0.1, 0.15) is 11.5 Å². The molecule has 104 valence electrons. The van der Waals surface area contributed by atoms with Crippen molar-refractivity contribution in [2.45, 2.75) is 6.42 Å². The number of carbonyl (C=O) groups is 1. The molecule has 0 aliphatic carbocycles. The molecule has 0 aliphatic heterocycles. The van der Waals surface area contributed by atoms with Crippen LogP contribution in [0.25, 0.3) is 0 Å². The fraction of sp³-hybridized carbons (Fsp3) is 0.133. The van der Waals surface area contributed by atoms with E-state index < -0.39 is 5.91 Å². The van der Waals surface area contributed by atoms with Crippen LogP contribution in [0.1, 0.15) is 15.9 Å². The molecule has 4 nitrogen and oxygen atoms in total. The topological polar surface area (TPSA) is 78.3 Å². The van der Waals surface area contributed by atoms with Gasteiger partial charge < -0.3 is 16.2 Å². The van der Waals surface area contributed by atoms with E-state index in [0.717, 1.165) is 16.5 Å². The number of carbonyl (C=O) groups excluding carboxylic acids is 1. The third kappa shape index (κ3) is 3.59. The first-order valence-electron chi connectivity index (χ1n) is 6.16. The minimum atomic E-state index is -0.521. The van der Waals surface area contributed by atoms with Crippen molar-refractivity contribution in [1.82, 2.24) is 0 Å². The quantitative estimate of drug-likeness (QED) is 0.882. The SMILES string of the molecule is NCCc1ccc(Oc2cc(Br)ccc2C(N)=O)cc1. The van der Waals surface area contributed by atoms with Crippen molar-refractivity contribution in [2.24, 2.45) is 11.5 Å². The normalized spacial score (nSPS) is 10.3. The molecule has 0 aromatic heterocycles. The maximum absolute atomic E-state index is 11.4. The second-order valence-electron chi connectivity index (χ2n) is 4.29. The van der Waals surface area contributed by atoms with Crippen LogP contribution in [0.5, 0.6) is 11.5 Å². The van der Waals surface area contributed by atoms with Crippen LogP contribution in [-0.4, -0.2) is 12.5 Å². The molecule has 2 aromatic carbocycles. The van der Waals surface area contributed by atoms with Gasteiger partial charge in [-0.05, 0) is 48.9 Å². The lowest BCUT2D eigenvalue weighted by molar-refractivity contribution is 0.0998. The second-order valence-corrected chi connectivity index (χ2v) is 5.21. The standard InChI is InChI=1S/C15H15BrN2O2/c16-11-3-6-13(15(18)19)14(9-11)20-12-4-1-10(2-5-12)7-8-17/h1-6,9H,7-8,17H2,(H2,18,19). The Labute approximate surface area is 125 Å². The van der Waals surface area contributed by atoms with E-state index in [1.807, 2.05) is 24.3 Å². The molecule has 4 N–H and O–H groups in total. The maximum atomic E-state index is 11.4. The van der Waals surface area contributed by atoms with Crippen LogP contribution in [0.15, 0.2) is 46.9 Å². The number of amides is 1. The largest absolute Gasteiger partial charge is 0.456 e. The summed E-state index contributed by atoms with van der Waals surface area (Å²) < 4.78 is 6.54. The monoisotopic (exact) mass is 334 g/mol. The zero-order valence-electron chi connectivity index (χ0n) is 10.8. The average Bonchev–Trinajstić information content (AvgIpc) is 2.41. The van der Waals surface area contributed by atoms with Crippen LogP contribution in [0.2, 0.25) is 0 Å². The predicted molar refractivity (Wildman–Crippen MR) is 81.9 cm³/mol. The molecule has 0 heterocycles. The van der Waals surface area contributed by atoms with E-state index in [4.69, 9.17) is 16.2 Å². The molecule has 0 saturated carbocycles. The highest BCUT2D eigenvalue weighted by atomic mass is 79.9. The molecular weight excluding hydrogens is 320 g/mol. The Hall–Kier alpha value is -1.85. The predicted octanol–water partition coefficient (Wildman–Crippen LogP) is 2.84. The Morgan fingerprint density at radius 2 is 1.85 bits per heavy atom. The van der Waals surface area contributed by atoms with Crippen LogP contribution < -0.4 is 16.2 Å². The van der Waals surface area contributed by atoms with Crippen molar-refractivity contribution in [2.75, 3.05) is 6.54 Å². The van der Waals surface area contributed by atoms with Gasteiger partial charge in [0, 0.05) is 4.47 Å². The number of hydrogen-bond donors (Lipinski definition) is 2. The van der Waals surface area contributed by atoms with Gasteiger partial charge in [0.15, 0.2) is 0 Å². The summed E-state index contributed by atoms with van der Waals surface area (Å²) in [6.45, 7) is 0.609. The molecule has 0 aliphatic rings. The summed E-state index contributed by atoms with van der Waals surface area (Å²) in [4.78, 5) is 11.4. The summed E-state index contributed by atoms with van der Waals surface area (Å²) in [5.41, 5.74) is 12.3. The minimum Gasteiger partial charge on any atom is -0.456 e. The molecule has 20 heavy (non-hydrogen) atoms. The lowest BCUT2D eigenvalue weighted by Gasteiger charge is -2.10. The molecule has 5 heteroatoms. The van der Waals surface area contributed by atoms with Crippen molar-refractivity contribution >= 4 is 21.8 Å². The number of rotatable bonds is 5. The van der Waals surface area contributed by atoms with Gasteiger partial charge in [-0.2, -0.15) is 0 Å². The molecule has 0 radical (unpaired) electrons. The van der Waals surface area contributed by atoms with E-state index in [1.165, 1.54) is 0 Å². The maximum Gasteiger partial charge on any atom is 0.252 e. The Morgan fingerprint density at radius 1 is 1.15 bits per heavy atom. The van der Waals surface area contributed by atoms with Crippen molar-refractivity contribution in [1.29, 1.82) is 0 Å². The van der Waals surface area contributed by atoms with Gasteiger partial charge in [-0.15, -0.1) is 0 Å². The van der Waals surface area contributed by atoms with E-state index in [2.05, 4.69) is 15.9 Å². The summed E-state index contributed by atoms with van der Waals surface area (Å²) in [5, 5.41) is 0. The molecule has 0 atom stereocenters. The molecule has 0 unspecified atom stereocenters. The molecule has 2 aromatic rings. The molecule has 0 spiro atoms. The van der Waals surface area contributed by atoms with Gasteiger partial charge in [-0.1, -0.05) is 28.1 Å². The Bertz CT molecular complexity index is 612. The number of benzene rings is 2. The van der Waals surface area contributed by atoms with Crippen LogP contribution in [-0.2, 0) is 6.42 Å². The Kier molecular flexibility index (Phi) is 4.76. The number of ether oxygens (including phenoxy) is 1. The highest BCUT2D eigenvalue weighted by Crippen LogP contribution is 2.28. The lowest BCUT2D eigenvalue weighted by atomic mass is 10.1. The molecule has 2 rings (SSSR count). The summed E-state index contributed by atoms with van der Waals surface area (Å²) >= 11 is 3.34. The summed E-state index contributed by atoms with van der Waals surface area (Å²) in [6, 6.07) is 12.7. The zero-order chi connectivity index (χ0) is 14.5. The number of halogens is 1. The van der Waals surface area contributed by atoms with Gasteiger partial charge in [-0.3, -0.25) is 4.79 Å². The first-order chi connectivity index (χ1) is 9.60. The number of nitrogens with two attached hydrogens (primary N) is 2. The van der Waals surface area contributed by atoms with Crippen LogP contribution >= 0.6 is 15.9 Å². The summed E-state index contributed by atoms with van der Waals surface area (Å²) in [6.07, 6.45) is 0.823. The van der Waals surface area contributed by atoms with Crippen molar-refractivity contribution in [3.05, 3.63) is 58.1 Å². The van der Waals surface area contributed by atoms with Gasteiger partial charge in [-0.25, -0.2) is 0 Å². The Balaban J connectivity index is 2.25. The van der Waals surface area contributed by atoms with Gasteiger partial charge >= 0.3 is 0 Å². The molecule has 0 bridgehead atoms. The highest BCUT2D eigenvalue weighted by molar-refractivity contribution is 9.10. The Morgan fingerprint density at radius 3 is 2.45 bits per heavy atom. The van der Waals surface area contributed by atoms with Crippen molar-refractivity contribution in [3.63, 3.8) is 0 Å². The third-order valence-corrected chi connectivity index (χ3v) is 3.29. The van der Waals surface area contributed by atoms with E-state index in [1.54, 1.807) is 18.2 Å². The fourth-order valence-corrected chi connectivity index (χ4v) is 2.14. The second kappa shape index (κ2) is 6.54. The summed E-state index contributed by atoms with van der Waals surface area (Å²) in [5.74, 6) is 0.553. The van der Waals surface area contributed by atoms with E-state index in [9.17, 15) is 4.79 Å². The molecule has 1 amide bonds. The van der Waals surface area contributed by atoms with E-state index >= 15 is 0 Å². The minimum absolute atomic E-state index is 0.347. The molecule has 0 fully saturated rings. The smallest absolute Gasteiger partial charge is 0.252 e.